The van der Waals surface area contributed by atoms with Crippen LogP contribution in [0.2, 0.25) is 0 Å². The summed E-state index contributed by atoms with van der Waals surface area (Å²) >= 11 is 0. The Balaban J connectivity index is 1.51. The maximum atomic E-state index is 12.9. The van der Waals surface area contributed by atoms with Crippen molar-refractivity contribution in [2.75, 3.05) is 6.61 Å². The zero-order valence-corrected chi connectivity index (χ0v) is 19.8. The summed E-state index contributed by atoms with van der Waals surface area (Å²) in [6, 6.07) is 14.9. The predicted octanol–water partition coefficient (Wildman–Crippen LogP) is 3.31. The monoisotopic (exact) mass is 474 g/mol. The van der Waals surface area contributed by atoms with E-state index in [9.17, 15) is 19.2 Å². The first-order valence-corrected chi connectivity index (χ1v) is 11.2. The van der Waals surface area contributed by atoms with Gasteiger partial charge >= 0.3 is 11.9 Å². The summed E-state index contributed by atoms with van der Waals surface area (Å²) in [6.07, 6.45) is 3.00. The minimum Gasteiger partial charge on any atom is -0.460 e. The molecule has 0 fully saturated rings. The van der Waals surface area contributed by atoms with Crippen LogP contribution < -0.4 is 5.32 Å². The van der Waals surface area contributed by atoms with Crippen LogP contribution in [0.4, 0.5) is 0 Å². The number of Topliss-reactive ketones (excluding diaryl/α,β-unsaturated/α-hetero) is 1. The van der Waals surface area contributed by atoms with Crippen LogP contribution in [0, 0.1) is 0 Å². The molecule has 0 spiro atoms. The number of aromatic nitrogens is 1. The molecular formula is C27H26N2O6. The molecule has 1 aromatic heterocycles. The number of cyclic esters (lactones) is 1. The average Bonchev–Trinajstić information content (AvgIpc) is 3.36. The smallest absolute Gasteiger partial charge is 0.333 e. The third-order valence-corrected chi connectivity index (χ3v) is 5.32. The molecule has 2 aromatic carbocycles. The van der Waals surface area contributed by atoms with Crippen molar-refractivity contribution in [1.82, 2.24) is 9.88 Å². The number of para-hydroxylation sites is 1. The van der Waals surface area contributed by atoms with Crippen molar-refractivity contribution in [3.63, 3.8) is 0 Å². The van der Waals surface area contributed by atoms with Gasteiger partial charge in [-0.2, -0.15) is 0 Å². The van der Waals surface area contributed by atoms with E-state index in [4.69, 9.17) is 9.47 Å². The van der Waals surface area contributed by atoms with Crippen molar-refractivity contribution in [2.45, 2.75) is 39.3 Å². The number of carbonyl (C=O) groups excluding carboxylic acids is 4. The third-order valence-electron chi connectivity index (χ3n) is 5.32. The van der Waals surface area contributed by atoms with E-state index in [1.54, 1.807) is 18.3 Å². The summed E-state index contributed by atoms with van der Waals surface area (Å²) in [5.41, 5.74) is 2.61. The van der Waals surface area contributed by atoms with Crippen LogP contribution in [-0.2, 0) is 36.8 Å². The Bertz CT molecular complexity index is 1340. The van der Waals surface area contributed by atoms with Gasteiger partial charge in [-0.05, 0) is 38.0 Å². The number of ketones is 1. The summed E-state index contributed by atoms with van der Waals surface area (Å²) in [4.78, 5) is 48.7. The zero-order valence-electron chi connectivity index (χ0n) is 19.8. The van der Waals surface area contributed by atoms with E-state index in [1.807, 2.05) is 61.7 Å². The van der Waals surface area contributed by atoms with Gasteiger partial charge in [0.05, 0.1) is 17.7 Å². The number of nitrogens with zero attached hydrogens (tertiary/aromatic N) is 1. The number of benzene rings is 2. The van der Waals surface area contributed by atoms with Crippen LogP contribution in [-0.4, -0.2) is 40.4 Å². The lowest BCUT2D eigenvalue weighted by atomic mass is 10.1. The summed E-state index contributed by atoms with van der Waals surface area (Å²) < 4.78 is 12.0. The van der Waals surface area contributed by atoms with Crippen LogP contribution in [0.25, 0.3) is 10.9 Å². The summed E-state index contributed by atoms with van der Waals surface area (Å²) in [5, 5.41) is 3.10. The summed E-state index contributed by atoms with van der Waals surface area (Å²) in [5.74, 6) is -2.37. The molecule has 8 heteroatoms. The molecule has 1 amide bonds. The fourth-order valence-corrected chi connectivity index (χ4v) is 3.83. The highest BCUT2D eigenvalue weighted by Gasteiger charge is 2.24. The van der Waals surface area contributed by atoms with Gasteiger partial charge in [-0.15, -0.1) is 0 Å². The van der Waals surface area contributed by atoms with Crippen LogP contribution in [0.5, 0.6) is 0 Å². The van der Waals surface area contributed by atoms with E-state index in [0.717, 1.165) is 22.7 Å². The molecule has 0 unspecified atom stereocenters. The molecule has 35 heavy (non-hydrogen) atoms. The fourth-order valence-electron chi connectivity index (χ4n) is 3.83. The molecule has 4 rings (SSSR count). The topological polar surface area (TPSA) is 104 Å². The SMILES string of the molecule is CC(C)(C)OC(=O)Cc1ccc(Cn2cc(C(=O)C(=O)NC3=CC(=O)OC3)c3ccccc32)cc1. The highest BCUT2D eigenvalue weighted by atomic mass is 16.6. The Kier molecular flexibility index (Phi) is 6.55. The van der Waals surface area contributed by atoms with Gasteiger partial charge in [-0.3, -0.25) is 14.4 Å². The number of hydrogen-bond donors (Lipinski definition) is 1. The Morgan fingerprint density at radius 1 is 1.03 bits per heavy atom. The Morgan fingerprint density at radius 2 is 1.71 bits per heavy atom. The minimum absolute atomic E-state index is 0.0659. The lowest BCUT2D eigenvalue weighted by molar-refractivity contribution is -0.154. The van der Waals surface area contributed by atoms with Crippen molar-refractivity contribution in [1.29, 1.82) is 0 Å². The number of amides is 1. The molecule has 1 aliphatic rings. The van der Waals surface area contributed by atoms with Gasteiger partial charge < -0.3 is 19.4 Å². The number of nitrogens with one attached hydrogen (secondary N) is 1. The number of rotatable bonds is 7. The van der Waals surface area contributed by atoms with Gasteiger partial charge in [-0.25, -0.2) is 4.79 Å². The van der Waals surface area contributed by atoms with Gasteiger partial charge in [0, 0.05) is 29.7 Å². The average molecular weight is 475 g/mol. The van der Waals surface area contributed by atoms with Crippen LogP contribution in [0.1, 0.15) is 42.3 Å². The molecule has 2 heterocycles. The standard InChI is InChI=1S/C27H26N2O6/c1-27(2,3)35-24(31)12-17-8-10-18(11-9-17)14-29-15-21(20-6-4-5-7-22(20)29)25(32)26(33)28-19-13-23(30)34-16-19/h4-11,13,15H,12,14,16H2,1-3H3,(H,28,33). The molecule has 1 N–H and O–H groups in total. The van der Waals surface area contributed by atoms with Crippen LogP contribution in [0.3, 0.4) is 0 Å². The largest absolute Gasteiger partial charge is 0.460 e. The van der Waals surface area contributed by atoms with E-state index in [0.29, 0.717) is 11.9 Å². The second-order valence-corrected chi connectivity index (χ2v) is 9.33. The van der Waals surface area contributed by atoms with Crippen molar-refractivity contribution in [3.05, 3.63) is 83.2 Å². The highest BCUT2D eigenvalue weighted by molar-refractivity contribution is 6.45. The molecule has 3 aromatic rings. The lowest BCUT2D eigenvalue weighted by Crippen LogP contribution is -2.31. The van der Waals surface area contributed by atoms with Gasteiger partial charge in [0.25, 0.3) is 11.7 Å². The van der Waals surface area contributed by atoms with Crippen LogP contribution >= 0.6 is 0 Å². The van der Waals surface area contributed by atoms with Gasteiger partial charge in [0.1, 0.15) is 12.2 Å². The Hall–Kier alpha value is -4.20. The summed E-state index contributed by atoms with van der Waals surface area (Å²) in [7, 11) is 0. The highest BCUT2D eigenvalue weighted by Crippen LogP contribution is 2.23. The van der Waals surface area contributed by atoms with Crippen molar-refractivity contribution in [2.24, 2.45) is 0 Å². The molecule has 180 valence electrons. The molecule has 0 atom stereocenters. The maximum absolute atomic E-state index is 12.9. The number of carbonyl (C=O) groups is 4. The molecule has 0 aliphatic carbocycles. The fraction of sp³-hybridized carbons (Fsp3) is 0.259. The maximum Gasteiger partial charge on any atom is 0.333 e. The summed E-state index contributed by atoms with van der Waals surface area (Å²) in [6.45, 7) is 5.90. The predicted molar refractivity (Wildman–Crippen MR) is 129 cm³/mol. The quantitative estimate of drug-likeness (QED) is 0.320. The van der Waals surface area contributed by atoms with Gasteiger partial charge in [0.2, 0.25) is 0 Å². The molecule has 0 saturated carbocycles. The molecule has 0 radical (unpaired) electrons. The van der Waals surface area contributed by atoms with Gasteiger partial charge in [0.15, 0.2) is 0 Å². The first-order chi connectivity index (χ1) is 16.6. The lowest BCUT2D eigenvalue weighted by Gasteiger charge is -2.19. The van der Waals surface area contributed by atoms with E-state index in [2.05, 4.69) is 5.32 Å². The molecule has 8 nitrogen and oxygen atoms in total. The minimum atomic E-state index is -0.830. The zero-order chi connectivity index (χ0) is 25.2. The van der Waals surface area contributed by atoms with Gasteiger partial charge in [-0.1, -0.05) is 42.5 Å². The first-order valence-electron chi connectivity index (χ1n) is 11.2. The first kappa shape index (κ1) is 23.9. The molecule has 0 bridgehead atoms. The second kappa shape index (κ2) is 9.58. The Labute approximate surface area is 202 Å². The number of hydrogen-bond acceptors (Lipinski definition) is 6. The number of ether oxygens (including phenoxy) is 2. The molecular weight excluding hydrogens is 448 g/mol. The third kappa shape index (κ3) is 5.84. The second-order valence-electron chi connectivity index (χ2n) is 9.33. The number of fused-ring (bicyclic) bond motifs is 1. The van der Waals surface area contributed by atoms with Crippen molar-refractivity contribution < 1.29 is 28.7 Å². The molecule has 1 aliphatic heterocycles. The van der Waals surface area contributed by atoms with E-state index >= 15 is 0 Å². The van der Waals surface area contributed by atoms with E-state index < -0.39 is 23.3 Å². The van der Waals surface area contributed by atoms with E-state index in [-0.39, 0.29) is 30.3 Å². The normalized spacial score (nSPS) is 13.3. The van der Waals surface area contributed by atoms with Crippen LogP contribution in [0.15, 0.2) is 66.5 Å². The molecule has 0 saturated heterocycles. The van der Waals surface area contributed by atoms with Crippen molar-refractivity contribution >= 4 is 34.5 Å². The van der Waals surface area contributed by atoms with E-state index in [1.165, 1.54) is 0 Å². The van der Waals surface area contributed by atoms with Crippen molar-refractivity contribution in [3.8, 4) is 0 Å². The Morgan fingerprint density at radius 3 is 2.37 bits per heavy atom. The number of esters is 2.